The van der Waals surface area contributed by atoms with E-state index in [1.54, 1.807) is 0 Å². The van der Waals surface area contributed by atoms with E-state index in [0.29, 0.717) is 25.8 Å². The van der Waals surface area contributed by atoms with Gasteiger partial charge in [0.1, 0.15) is 11.6 Å². The Kier molecular flexibility index (Phi) is 5.73. The maximum absolute atomic E-state index is 13.9. The summed E-state index contributed by atoms with van der Waals surface area (Å²) < 4.78 is 32.3. The van der Waals surface area contributed by atoms with Crippen molar-refractivity contribution in [2.75, 3.05) is 32.8 Å². The molecule has 0 spiro atoms. The smallest absolute Gasteiger partial charge is 0.254 e. The first-order valence-electron chi connectivity index (χ1n) is 8.24. The lowest BCUT2D eigenvalue weighted by Gasteiger charge is -2.31. The number of carbonyl (C=O) groups is 1. The second-order valence-corrected chi connectivity index (χ2v) is 5.97. The number of hydrogen-bond donors (Lipinski definition) is 1. The highest BCUT2D eigenvalue weighted by Gasteiger charge is 2.22. The summed E-state index contributed by atoms with van der Waals surface area (Å²) in [6.07, 6.45) is 0. The van der Waals surface area contributed by atoms with Crippen molar-refractivity contribution in [2.45, 2.75) is 6.04 Å². The highest BCUT2D eigenvalue weighted by atomic mass is 19.1. The topological polar surface area (TPSA) is 41.6 Å². The summed E-state index contributed by atoms with van der Waals surface area (Å²) >= 11 is 0. The molecule has 25 heavy (non-hydrogen) atoms. The number of carbonyl (C=O) groups excluding carboxylic acids is 1. The van der Waals surface area contributed by atoms with Gasteiger partial charge < -0.3 is 10.1 Å². The standard InChI is InChI=1S/C19H20F2N2O2/c20-15-6-7-16(17(21)12-15)19(24)22-18(14-4-2-1-3-5-14)13-23-8-10-25-11-9-23/h1-7,12,18H,8-11,13H2,(H,22,24). The molecule has 0 aromatic heterocycles. The zero-order valence-electron chi connectivity index (χ0n) is 13.8. The molecule has 1 amide bonds. The fraction of sp³-hybridized carbons (Fsp3) is 0.316. The summed E-state index contributed by atoms with van der Waals surface area (Å²) in [7, 11) is 0. The monoisotopic (exact) mass is 346 g/mol. The molecule has 1 atom stereocenters. The lowest BCUT2D eigenvalue weighted by Crippen LogP contribution is -2.43. The number of amides is 1. The molecular weight excluding hydrogens is 326 g/mol. The van der Waals surface area contributed by atoms with Gasteiger partial charge in [-0.3, -0.25) is 9.69 Å². The maximum atomic E-state index is 13.9. The first-order chi connectivity index (χ1) is 12.1. The lowest BCUT2D eigenvalue weighted by molar-refractivity contribution is 0.0332. The van der Waals surface area contributed by atoms with Crippen LogP contribution in [0.5, 0.6) is 0 Å². The molecule has 2 aromatic carbocycles. The first kappa shape index (κ1) is 17.5. The van der Waals surface area contributed by atoms with Gasteiger partial charge in [-0.1, -0.05) is 30.3 Å². The Balaban J connectivity index is 1.77. The van der Waals surface area contributed by atoms with E-state index in [1.807, 2.05) is 30.3 Å². The molecule has 1 saturated heterocycles. The third kappa shape index (κ3) is 4.61. The summed E-state index contributed by atoms with van der Waals surface area (Å²) in [6.45, 7) is 3.47. The molecule has 6 heteroatoms. The zero-order valence-corrected chi connectivity index (χ0v) is 13.8. The molecule has 0 radical (unpaired) electrons. The van der Waals surface area contributed by atoms with Crippen LogP contribution in [0.3, 0.4) is 0 Å². The molecule has 132 valence electrons. The highest BCUT2D eigenvalue weighted by Crippen LogP contribution is 2.17. The predicted octanol–water partition coefficient (Wildman–Crippen LogP) is 2.77. The van der Waals surface area contributed by atoms with Gasteiger partial charge in [-0.25, -0.2) is 8.78 Å². The second-order valence-electron chi connectivity index (χ2n) is 5.97. The minimum absolute atomic E-state index is 0.163. The molecule has 4 nitrogen and oxygen atoms in total. The Bertz CT molecular complexity index is 719. The summed E-state index contributed by atoms with van der Waals surface area (Å²) in [6, 6.07) is 12.2. The maximum Gasteiger partial charge on any atom is 0.254 e. The molecule has 1 N–H and O–H groups in total. The van der Waals surface area contributed by atoms with Crippen molar-refractivity contribution in [1.82, 2.24) is 10.2 Å². The molecular formula is C19H20F2N2O2. The van der Waals surface area contributed by atoms with E-state index < -0.39 is 17.5 Å². The minimum Gasteiger partial charge on any atom is -0.379 e. The largest absolute Gasteiger partial charge is 0.379 e. The Morgan fingerprint density at radius 1 is 1.12 bits per heavy atom. The van der Waals surface area contributed by atoms with Gasteiger partial charge in [0, 0.05) is 25.7 Å². The molecule has 0 bridgehead atoms. The quantitative estimate of drug-likeness (QED) is 0.905. The van der Waals surface area contributed by atoms with Crippen LogP contribution in [0, 0.1) is 11.6 Å². The fourth-order valence-electron chi connectivity index (χ4n) is 2.87. The number of morpholine rings is 1. The first-order valence-corrected chi connectivity index (χ1v) is 8.24. The lowest BCUT2D eigenvalue weighted by atomic mass is 10.1. The van der Waals surface area contributed by atoms with Crippen molar-refractivity contribution in [3.05, 3.63) is 71.3 Å². The molecule has 2 aromatic rings. The van der Waals surface area contributed by atoms with Crippen LogP contribution < -0.4 is 5.32 Å². The summed E-state index contributed by atoms with van der Waals surface area (Å²) in [4.78, 5) is 14.7. The van der Waals surface area contributed by atoms with Gasteiger partial charge in [-0.15, -0.1) is 0 Å². The number of ether oxygens (including phenoxy) is 1. The molecule has 1 heterocycles. The van der Waals surface area contributed by atoms with E-state index >= 15 is 0 Å². The molecule has 1 aliphatic rings. The zero-order chi connectivity index (χ0) is 17.6. The van der Waals surface area contributed by atoms with Crippen molar-refractivity contribution in [2.24, 2.45) is 0 Å². The van der Waals surface area contributed by atoms with Crippen molar-refractivity contribution >= 4 is 5.91 Å². The number of nitrogens with zero attached hydrogens (tertiary/aromatic N) is 1. The Morgan fingerprint density at radius 3 is 2.52 bits per heavy atom. The highest BCUT2D eigenvalue weighted by molar-refractivity contribution is 5.94. The van der Waals surface area contributed by atoms with Gasteiger partial charge >= 0.3 is 0 Å². The molecule has 1 unspecified atom stereocenters. The van der Waals surface area contributed by atoms with Gasteiger partial charge in [-0.05, 0) is 17.7 Å². The number of halogens is 2. The summed E-state index contributed by atoms with van der Waals surface area (Å²) in [5.74, 6) is -2.13. The van der Waals surface area contributed by atoms with E-state index in [1.165, 1.54) is 0 Å². The number of nitrogens with one attached hydrogen (secondary N) is 1. The van der Waals surface area contributed by atoms with Crippen LogP contribution in [0.4, 0.5) is 8.78 Å². The summed E-state index contributed by atoms with van der Waals surface area (Å²) in [5, 5.41) is 2.87. The summed E-state index contributed by atoms with van der Waals surface area (Å²) in [5.41, 5.74) is 0.772. The van der Waals surface area contributed by atoms with E-state index in [4.69, 9.17) is 4.74 Å². The van der Waals surface area contributed by atoms with Crippen LogP contribution in [0.2, 0.25) is 0 Å². The van der Waals surface area contributed by atoms with Crippen molar-refractivity contribution in [3.63, 3.8) is 0 Å². The van der Waals surface area contributed by atoms with E-state index in [0.717, 1.165) is 30.8 Å². The van der Waals surface area contributed by atoms with E-state index in [2.05, 4.69) is 10.2 Å². The van der Waals surface area contributed by atoms with E-state index in [-0.39, 0.29) is 11.6 Å². The number of benzene rings is 2. The molecule has 1 aliphatic heterocycles. The second kappa shape index (κ2) is 8.18. The van der Waals surface area contributed by atoms with Crippen LogP contribution in [-0.2, 0) is 4.74 Å². The van der Waals surface area contributed by atoms with Gasteiger partial charge in [0.15, 0.2) is 0 Å². The average Bonchev–Trinajstić information content (AvgIpc) is 2.62. The number of hydrogen-bond acceptors (Lipinski definition) is 3. The molecule has 1 fully saturated rings. The number of rotatable bonds is 5. The third-order valence-corrected chi connectivity index (χ3v) is 4.23. The van der Waals surface area contributed by atoms with Gasteiger partial charge in [0.2, 0.25) is 0 Å². The predicted molar refractivity (Wildman–Crippen MR) is 90.3 cm³/mol. The van der Waals surface area contributed by atoms with Gasteiger partial charge in [0.05, 0.1) is 24.8 Å². The third-order valence-electron chi connectivity index (χ3n) is 4.23. The molecule has 0 saturated carbocycles. The van der Waals surface area contributed by atoms with Crippen molar-refractivity contribution < 1.29 is 18.3 Å². The van der Waals surface area contributed by atoms with Crippen LogP contribution >= 0.6 is 0 Å². The van der Waals surface area contributed by atoms with Crippen LogP contribution in [-0.4, -0.2) is 43.7 Å². The Morgan fingerprint density at radius 2 is 1.84 bits per heavy atom. The fourth-order valence-corrected chi connectivity index (χ4v) is 2.87. The van der Waals surface area contributed by atoms with E-state index in [9.17, 15) is 13.6 Å². The van der Waals surface area contributed by atoms with Gasteiger partial charge in [0.25, 0.3) is 5.91 Å². The normalized spacial score (nSPS) is 16.4. The average molecular weight is 346 g/mol. The van der Waals surface area contributed by atoms with Crippen molar-refractivity contribution in [3.8, 4) is 0 Å². The van der Waals surface area contributed by atoms with Gasteiger partial charge in [-0.2, -0.15) is 0 Å². The van der Waals surface area contributed by atoms with Crippen LogP contribution in [0.25, 0.3) is 0 Å². The molecule has 0 aliphatic carbocycles. The Hall–Kier alpha value is -2.31. The molecule has 3 rings (SSSR count). The van der Waals surface area contributed by atoms with Crippen LogP contribution in [0.15, 0.2) is 48.5 Å². The van der Waals surface area contributed by atoms with Crippen molar-refractivity contribution in [1.29, 1.82) is 0 Å². The van der Waals surface area contributed by atoms with Crippen LogP contribution in [0.1, 0.15) is 22.0 Å². The Labute approximate surface area is 145 Å². The minimum atomic E-state index is -0.865. The SMILES string of the molecule is O=C(NC(CN1CCOCC1)c1ccccc1)c1ccc(F)cc1F.